The summed E-state index contributed by atoms with van der Waals surface area (Å²) in [6.07, 6.45) is 0. The van der Waals surface area contributed by atoms with E-state index in [-0.39, 0.29) is 0 Å². The maximum absolute atomic E-state index is 2.67. The number of hydrogen-bond acceptors (Lipinski definition) is 0. The van der Waals surface area contributed by atoms with Gasteiger partial charge in [0.05, 0.1) is 0 Å². The molecule has 0 fully saturated rings. The second kappa shape index (κ2) is 4.54. The molecule has 0 N–H and O–H groups in total. The van der Waals surface area contributed by atoms with Gasteiger partial charge in [0.15, 0.2) is 0 Å². The van der Waals surface area contributed by atoms with Crippen LogP contribution in [0.4, 0.5) is 0 Å². The summed E-state index contributed by atoms with van der Waals surface area (Å²) in [7, 11) is -1.71. The van der Waals surface area contributed by atoms with Crippen molar-refractivity contribution >= 4 is 51.3 Å². The van der Waals surface area contributed by atoms with Gasteiger partial charge < -0.3 is 0 Å². The molecule has 0 heterocycles. The fraction of sp³-hybridized carbons (Fsp3) is 0.400. The number of rotatable bonds is 1. The SMILES string of the molecule is Cc1cc(C)c([Te](C)(I)I)cc1C. The Balaban J connectivity index is 3.32. The normalized spacial score (nSPS) is 13.1. The van der Waals surface area contributed by atoms with E-state index in [1.54, 1.807) is 3.61 Å². The van der Waals surface area contributed by atoms with Crippen LogP contribution >= 0.6 is 37.4 Å². The van der Waals surface area contributed by atoms with E-state index in [1.807, 2.05) is 0 Å². The van der Waals surface area contributed by atoms with Crippen molar-refractivity contribution < 1.29 is 0 Å². The summed E-state index contributed by atoms with van der Waals surface area (Å²) in [5.41, 5.74) is 4.34. The summed E-state index contributed by atoms with van der Waals surface area (Å²) in [4.78, 5) is 2.43. The minimum absolute atomic E-state index is 1.42. The summed E-state index contributed by atoms with van der Waals surface area (Å²) in [5.74, 6) is 0. The number of benzene rings is 1. The first-order valence-electron chi connectivity index (χ1n) is 4.08. The number of hydrogen-bond donors (Lipinski definition) is 0. The van der Waals surface area contributed by atoms with Gasteiger partial charge in [0.25, 0.3) is 0 Å². The van der Waals surface area contributed by atoms with Gasteiger partial charge in [-0.05, 0) is 0 Å². The van der Waals surface area contributed by atoms with Gasteiger partial charge >= 0.3 is 106 Å². The summed E-state index contributed by atoms with van der Waals surface area (Å²) in [5, 5.41) is 0. The average Bonchev–Trinajstić information content (AvgIpc) is 1.94. The maximum atomic E-state index is 2.67. The molecular formula is C10H14I2Te. The fourth-order valence-electron chi connectivity index (χ4n) is 1.32. The van der Waals surface area contributed by atoms with Gasteiger partial charge in [-0.1, -0.05) is 0 Å². The van der Waals surface area contributed by atoms with Gasteiger partial charge in [0, 0.05) is 0 Å². The molecule has 3 heteroatoms. The Bertz CT molecular complexity index is 326. The fourth-order valence-corrected chi connectivity index (χ4v) is 10.6. The van der Waals surface area contributed by atoms with E-state index < -0.39 is 10.3 Å². The molecule has 0 saturated heterocycles. The van der Waals surface area contributed by atoms with Gasteiger partial charge in [0.2, 0.25) is 0 Å². The van der Waals surface area contributed by atoms with Crippen molar-refractivity contribution in [3.05, 3.63) is 28.8 Å². The summed E-state index contributed by atoms with van der Waals surface area (Å²) in [6, 6.07) is 4.72. The molecule has 0 bridgehead atoms. The van der Waals surface area contributed by atoms with E-state index in [0.29, 0.717) is 0 Å². The van der Waals surface area contributed by atoms with E-state index in [0.717, 1.165) is 0 Å². The van der Waals surface area contributed by atoms with E-state index in [1.165, 1.54) is 16.7 Å². The van der Waals surface area contributed by atoms with Crippen LogP contribution in [-0.4, -0.2) is 10.3 Å². The third-order valence-corrected chi connectivity index (χ3v) is 12.0. The predicted octanol–water partition coefficient (Wildman–Crippen LogP) is 3.76. The van der Waals surface area contributed by atoms with Crippen molar-refractivity contribution in [2.75, 3.05) is 0 Å². The second-order valence-electron chi connectivity index (χ2n) is 3.43. The molecule has 0 nitrogen and oxygen atoms in total. The van der Waals surface area contributed by atoms with E-state index in [4.69, 9.17) is 0 Å². The average molecular weight is 516 g/mol. The Kier molecular flexibility index (Phi) is 4.38. The quantitative estimate of drug-likeness (QED) is 0.395. The van der Waals surface area contributed by atoms with Crippen LogP contribution in [0, 0.1) is 20.8 Å². The molecule has 1 aromatic rings. The van der Waals surface area contributed by atoms with Gasteiger partial charge in [-0.3, -0.25) is 0 Å². The molecule has 0 unspecified atom stereocenters. The Morgan fingerprint density at radius 2 is 1.38 bits per heavy atom. The van der Waals surface area contributed by atoms with Crippen LogP contribution in [0.3, 0.4) is 0 Å². The predicted molar refractivity (Wildman–Crippen MR) is 79.9 cm³/mol. The third-order valence-electron chi connectivity index (χ3n) is 2.18. The molecule has 74 valence electrons. The van der Waals surface area contributed by atoms with Crippen molar-refractivity contribution in [3.63, 3.8) is 0 Å². The monoisotopic (exact) mass is 518 g/mol. The molecule has 0 aliphatic carbocycles. The van der Waals surface area contributed by atoms with Crippen LogP contribution in [0.25, 0.3) is 0 Å². The minimum atomic E-state index is -1.71. The van der Waals surface area contributed by atoms with Crippen molar-refractivity contribution in [1.29, 1.82) is 0 Å². The molecule has 0 amide bonds. The van der Waals surface area contributed by atoms with Crippen molar-refractivity contribution in [2.24, 2.45) is 0 Å². The molecule has 1 rings (SSSR count). The molecular weight excluding hydrogens is 502 g/mol. The van der Waals surface area contributed by atoms with Crippen LogP contribution in [0.5, 0.6) is 0 Å². The van der Waals surface area contributed by atoms with Gasteiger partial charge in [-0.2, -0.15) is 0 Å². The van der Waals surface area contributed by atoms with Crippen LogP contribution in [-0.2, 0) is 0 Å². The summed E-state index contributed by atoms with van der Waals surface area (Å²) >= 11 is 5.35. The molecule has 0 aliphatic heterocycles. The Hall–Kier alpha value is 1.47. The van der Waals surface area contributed by atoms with Gasteiger partial charge in [-0.15, -0.1) is 0 Å². The molecule has 13 heavy (non-hydrogen) atoms. The third kappa shape index (κ3) is 3.22. The standard InChI is InChI=1S/C10H14I2Te/c1-7-5-9(3)10(6-8(7)2)13(4,11)12/h5-6H,1-4H3. The molecule has 0 aromatic heterocycles. The number of aryl methyl sites for hydroxylation is 3. The van der Waals surface area contributed by atoms with E-state index in [9.17, 15) is 0 Å². The second-order valence-corrected chi connectivity index (χ2v) is 43.8. The van der Waals surface area contributed by atoms with Crippen LogP contribution in [0.2, 0.25) is 4.97 Å². The van der Waals surface area contributed by atoms with Crippen molar-refractivity contribution in [3.8, 4) is 0 Å². The molecule has 0 atom stereocenters. The Morgan fingerprint density at radius 1 is 0.923 bits per heavy atom. The van der Waals surface area contributed by atoms with Gasteiger partial charge in [-0.25, -0.2) is 0 Å². The van der Waals surface area contributed by atoms with Crippen molar-refractivity contribution in [2.45, 2.75) is 25.7 Å². The summed E-state index contributed by atoms with van der Waals surface area (Å²) < 4.78 is 1.63. The first-order valence-corrected chi connectivity index (χ1v) is 21.1. The summed E-state index contributed by atoms with van der Waals surface area (Å²) in [6.45, 7) is 6.64. The van der Waals surface area contributed by atoms with E-state index >= 15 is 0 Å². The molecule has 0 saturated carbocycles. The Labute approximate surface area is 104 Å². The molecule has 1 aromatic carbocycles. The zero-order chi connectivity index (χ0) is 10.2. The Morgan fingerprint density at radius 3 is 1.85 bits per heavy atom. The molecule has 0 radical (unpaired) electrons. The van der Waals surface area contributed by atoms with Crippen LogP contribution < -0.4 is 3.61 Å². The topological polar surface area (TPSA) is 0 Å². The molecule has 0 aliphatic rings. The molecule has 0 spiro atoms. The van der Waals surface area contributed by atoms with Crippen molar-refractivity contribution in [1.82, 2.24) is 0 Å². The first-order chi connectivity index (χ1) is 5.82. The zero-order valence-electron chi connectivity index (χ0n) is 8.32. The van der Waals surface area contributed by atoms with E-state index in [2.05, 4.69) is 75.3 Å². The number of halogens is 2. The van der Waals surface area contributed by atoms with Crippen LogP contribution in [0.1, 0.15) is 16.7 Å². The van der Waals surface area contributed by atoms with Gasteiger partial charge in [0.1, 0.15) is 0 Å². The zero-order valence-corrected chi connectivity index (χ0v) is 15.0. The van der Waals surface area contributed by atoms with Crippen LogP contribution in [0.15, 0.2) is 12.1 Å². The first kappa shape index (κ1) is 12.5.